The van der Waals surface area contributed by atoms with E-state index in [9.17, 15) is 35.4 Å². The van der Waals surface area contributed by atoms with Gasteiger partial charge in [-0.1, -0.05) is 115 Å². The molecule has 1 aliphatic rings. The van der Waals surface area contributed by atoms with Crippen LogP contribution in [0.15, 0.2) is 36.5 Å². The number of hydrogen-bond acceptors (Lipinski definition) is 9. The van der Waals surface area contributed by atoms with Gasteiger partial charge >= 0.3 is 0 Å². The van der Waals surface area contributed by atoms with Crippen molar-refractivity contribution in [3.8, 4) is 0 Å². The summed E-state index contributed by atoms with van der Waals surface area (Å²) < 4.78 is 11.0. The Kier molecular flexibility index (Phi) is 26.1. The Hall–Kier alpha value is -1.63. The van der Waals surface area contributed by atoms with Crippen molar-refractivity contribution in [3.05, 3.63) is 36.5 Å². The molecule has 0 bridgehead atoms. The van der Waals surface area contributed by atoms with Crippen LogP contribution in [-0.4, -0.2) is 98.7 Å². The average molecular weight is 670 g/mol. The summed E-state index contributed by atoms with van der Waals surface area (Å²) in [7, 11) is 0. The third kappa shape index (κ3) is 19.8. The average Bonchev–Trinajstić information content (AvgIpc) is 3.07. The lowest BCUT2D eigenvalue weighted by Crippen LogP contribution is -2.60. The van der Waals surface area contributed by atoms with Gasteiger partial charge in [-0.25, -0.2) is 0 Å². The Morgan fingerprint density at radius 2 is 1.28 bits per heavy atom. The number of carbonyl (C=O) groups excluding carboxylic acids is 1. The number of aliphatic hydroxyl groups excluding tert-OH is 6. The number of nitrogens with one attached hydrogen (secondary N) is 1. The fourth-order valence-corrected chi connectivity index (χ4v) is 5.39. The quantitative estimate of drug-likeness (QED) is 0.0460. The predicted molar refractivity (Wildman–Crippen MR) is 186 cm³/mol. The number of unbranched alkanes of at least 4 members (excludes halogenated alkanes) is 13. The molecule has 0 spiro atoms. The molecular formula is C37H67NO9. The molecule has 1 amide bonds. The van der Waals surface area contributed by atoms with Gasteiger partial charge in [0.15, 0.2) is 6.29 Å². The molecule has 10 nitrogen and oxygen atoms in total. The molecule has 1 aliphatic heterocycles. The number of carbonyl (C=O) groups is 1. The van der Waals surface area contributed by atoms with Gasteiger partial charge in [-0.05, 0) is 51.4 Å². The van der Waals surface area contributed by atoms with E-state index in [1.807, 2.05) is 6.08 Å². The second-order valence-corrected chi connectivity index (χ2v) is 12.8. The van der Waals surface area contributed by atoms with Gasteiger partial charge in [0.25, 0.3) is 0 Å². The van der Waals surface area contributed by atoms with Crippen LogP contribution in [0.4, 0.5) is 0 Å². The largest absolute Gasteiger partial charge is 0.394 e. The van der Waals surface area contributed by atoms with Crippen molar-refractivity contribution < 1.29 is 44.9 Å². The smallest absolute Gasteiger partial charge is 0.249 e. The third-order valence-electron chi connectivity index (χ3n) is 8.54. The van der Waals surface area contributed by atoms with Crippen LogP contribution in [0.2, 0.25) is 0 Å². The summed E-state index contributed by atoms with van der Waals surface area (Å²) >= 11 is 0. The van der Waals surface area contributed by atoms with Gasteiger partial charge in [0.2, 0.25) is 5.91 Å². The molecule has 1 fully saturated rings. The van der Waals surface area contributed by atoms with E-state index in [1.54, 1.807) is 6.08 Å². The molecule has 10 heteroatoms. The van der Waals surface area contributed by atoms with Crippen molar-refractivity contribution in [3.63, 3.8) is 0 Å². The molecule has 8 atom stereocenters. The standard InChI is InChI=1S/C37H67NO9/c1-3-5-7-9-11-13-15-16-18-19-21-23-25-30(40)29(28-46-37-35(44)34(43)33(42)32(27-39)47-37)38-36(45)31(41)26-24-22-20-17-14-12-10-8-6-4-2/h10,12,16,18,23,25,29-35,37,39-44H,3-9,11,13-15,17,19-22,24,26-28H2,1-2H3,(H,38,45)/b12-10-,18-16+,25-23+. The highest BCUT2D eigenvalue weighted by Crippen LogP contribution is 2.22. The summed E-state index contributed by atoms with van der Waals surface area (Å²) in [6.07, 6.45) is 21.0. The highest BCUT2D eigenvalue weighted by molar-refractivity contribution is 5.80. The Labute approximate surface area is 284 Å². The molecule has 0 aromatic heterocycles. The van der Waals surface area contributed by atoms with Crippen LogP contribution in [0.25, 0.3) is 0 Å². The second-order valence-electron chi connectivity index (χ2n) is 12.8. The summed E-state index contributed by atoms with van der Waals surface area (Å²) in [6, 6.07) is -0.997. The summed E-state index contributed by atoms with van der Waals surface area (Å²) in [5.74, 6) is -0.642. The van der Waals surface area contributed by atoms with Gasteiger partial charge in [-0.15, -0.1) is 0 Å². The van der Waals surface area contributed by atoms with Crippen molar-refractivity contribution in [2.24, 2.45) is 0 Å². The first-order valence-electron chi connectivity index (χ1n) is 18.3. The van der Waals surface area contributed by atoms with E-state index >= 15 is 0 Å². The summed E-state index contributed by atoms with van der Waals surface area (Å²) in [4.78, 5) is 12.9. The fourth-order valence-electron chi connectivity index (χ4n) is 5.39. The zero-order chi connectivity index (χ0) is 34.7. The minimum absolute atomic E-state index is 0.287. The van der Waals surface area contributed by atoms with Crippen LogP contribution in [-0.2, 0) is 14.3 Å². The van der Waals surface area contributed by atoms with Crippen molar-refractivity contribution in [1.82, 2.24) is 5.32 Å². The minimum Gasteiger partial charge on any atom is -0.394 e. The Morgan fingerprint density at radius 3 is 1.91 bits per heavy atom. The monoisotopic (exact) mass is 669 g/mol. The molecule has 47 heavy (non-hydrogen) atoms. The minimum atomic E-state index is -1.61. The molecule has 0 saturated carbocycles. The first-order chi connectivity index (χ1) is 22.8. The van der Waals surface area contributed by atoms with E-state index in [2.05, 4.69) is 43.5 Å². The number of hydrogen-bond donors (Lipinski definition) is 7. The zero-order valence-corrected chi connectivity index (χ0v) is 29.1. The van der Waals surface area contributed by atoms with E-state index in [-0.39, 0.29) is 13.0 Å². The fraction of sp³-hybridized carbons (Fsp3) is 0.811. The van der Waals surface area contributed by atoms with Crippen molar-refractivity contribution >= 4 is 5.91 Å². The second kappa shape index (κ2) is 28.2. The lowest BCUT2D eigenvalue weighted by atomic mass is 9.99. The predicted octanol–water partition coefficient (Wildman–Crippen LogP) is 4.74. The van der Waals surface area contributed by atoms with Gasteiger partial charge in [-0.3, -0.25) is 4.79 Å². The number of allylic oxidation sites excluding steroid dienone is 5. The van der Waals surface area contributed by atoms with Gasteiger partial charge < -0.3 is 45.4 Å². The first-order valence-corrected chi connectivity index (χ1v) is 18.3. The van der Waals surface area contributed by atoms with E-state index in [1.165, 1.54) is 51.4 Å². The normalized spacial score (nSPS) is 24.0. The number of aliphatic hydroxyl groups is 6. The van der Waals surface area contributed by atoms with Crippen LogP contribution in [0.5, 0.6) is 0 Å². The SMILES string of the molecule is CCCC/C=C\CCCCCCC(O)C(=O)NC(COC1OC(CO)C(O)C(O)C1O)C(O)/C=C/CC/C=C/CCCCCCCC. The van der Waals surface area contributed by atoms with Crippen LogP contribution in [0, 0.1) is 0 Å². The summed E-state index contributed by atoms with van der Waals surface area (Å²) in [5.41, 5.74) is 0. The van der Waals surface area contributed by atoms with Gasteiger partial charge in [0.1, 0.15) is 30.5 Å². The Morgan fingerprint density at radius 1 is 0.723 bits per heavy atom. The molecule has 8 unspecified atom stereocenters. The maximum atomic E-state index is 12.9. The molecule has 0 aromatic rings. The molecular weight excluding hydrogens is 602 g/mol. The topological polar surface area (TPSA) is 169 Å². The van der Waals surface area contributed by atoms with Crippen LogP contribution in [0.3, 0.4) is 0 Å². The Bertz CT molecular complexity index is 850. The van der Waals surface area contributed by atoms with E-state index in [0.29, 0.717) is 12.8 Å². The molecule has 1 heterocycles. The van der Waals surface area contributed by atoms with E-state index in [0.717, 1.165) is 44.9 Å². The molecule has 0 aliphatic carbocycles. The van der Waals surface area contributed by atoms with Crippen molar-refractivity contribution in [2.45, 2.75) is 178 Å². The van der Waals surface area contributed by atoms with Crippen LogP contribution >= 0.6 is 0 Å². The third-order valence-corrected chi connectivity index (χ3v) is 8.54. The highest BCUT2D eigenvalue weighted by Gasteiger charge is 2.44. The summed E-state index contributed by atoms with van der Waals surface area (Å²) in [5, 5.41) is 64.1. The maximum absolute atomic E-state index is 12.9. The lowest BCUT2D eigenvalue weighted by Gasteiger charge is -2.40. The van der Waals surface area contributed by atoms with E-state index in [4.69, 9.17) is 9.47 Å². The van der Waals surface area contributed by atoms with Gasteiger partial charge in [-0.2, -0.15) is 0 Å². The highest BCUT2D eigenvalue weighted by atomic mass is 16.7. The zero-order valence-electron chi connectivity index (χ0n) is 29.1. The van der Waals surface area contributed by atoms with Crippen molar-refractivity contribution in [1.29, 1.82) is 0 Å². The molecule has 0 aromatic carbocycles. The van der Waals surface area contributed by atoms with Crippen LogP contribution in [0.1, 0.15) is 129 Å². The molecule has 274 valence electrons. The van der Waals surface area contributed by atoms with E-state index < -0.39 is 61.5 Å². The molecule has 7 N–H and O–H groups in total. The first kappa shape index (κ1) is 43.4. The van der Waals surface area contributed by atoms with Crippen LogP contribution < -0.4 is 5.32 Å². The van der Waals surface area contributed by atoms with Crippen molar-refractivity contribution in [2.75, 3.05) is 13.2 Å². The molecule has 1 rings (SSSR count). The molecule has 1 saturated heterocycles. The Balaban J connectivity index is 2.61. The summed E-state index contributed by atoms with van der Waals surface area (Å²) in [6.45, 7) is 3.47. The molecule has 0 radical (unpaired) electrons. The van der Waals surface area contributed by atoms with Gasteiger partial charge in [0, 0.05) is 0 Å². The maximum Gasteiger partial charge on any atom is 0.249 e. The van der Waals surface area contributed by atoms with Gasteiger partial charge in [0.05, 0.1) is 25.4 Å². The number of amides is 1. The number of rotatable bonds is 28. The number of ether oxygens (including phenoxy) is 2. The lowest BCUT2D eigenvalue weighted by molar-refractivity contribution is -0.302.